The highest BCUT2D eigenvalue weighted by Gasteiger charge is 2.00. The van der Waals surface area contributed by atoms with Crippen LogP contribution >= 0.6 is 11.3 Å². The van der Waals surface area contributed by atoms with E-state index in [1.54, 1.807) is 6.07 Å². The van der Waals surface area contributed by atoms with Crippen molar-refractivity contribution in [3.63, 3.8) is 0 Å². The number of thiophene rings is 1. The summed E-state index contributed by atoms with van der Waals surface area (Å²) in [7, 11) is 0. The van der Waals surface area contributed by atoms with Crippen LogP contribution in [0, 0.1) is 11.3 Å². The number of nitriles is 1. The van der Waals surface area contributed by atoms with Crippen molar-refractivity contribution in [3.05, 3.63) is 40.8 Å². The Hall–Kier alpha value is -1.53. The fourth-order valence-corrected chi connectivity index (χ4v) is 1.76. The van der Waals surface area contributed by atoms with Crippen LogP contribution in [0.1, 0.15) is 25.1 Å². The standard InChI is InChI=1S/C13H15NOS/c1-3-5-6-11(4-2)10-15-13-8-7-12(9-14)16-13/h4-8H,3,10H2,1-2H3/b6-5-,11-4+. The van der Waals surface area contributed by atoms with Crippen LogP contribution in [0.3, 0.4) is 0 Å². The molecule has 0 amide bonds. The molecule has 0 unspecified atom stereocenters. The van der Waals surface area contributed by atoms with Gasteiger partial charge >= 0.3 is 0 Å². The molecule has 0 aromatic carbocycles. The number of ether oxygens (including phenoxy) is 1. The van der Waals surface area contributed by atoms with E-state index in [1.807, 2.05) is 19.1 Å². The molecule has 0 aliphatic rings. The first-order chi connectivity index (χ1) is 7.80. The summed E-state index contributed by atoms with van der Waals surface area (Å²) in [6.45, 7) is 4.65. The Kier molecular flexibility index (Phi) is 5.38. The third-order valence-corrected chi connectivity index (χ3v) is 2.91. The van der Waals surface area contributed by atoms with E-state index in [-0.39, 0.29) is 0 Å². The summed E-state index contributed by atoms with van der Waals surface area (Å²) < 4.78 is 5.59. The van der Waals surface area contributed by atoms with Crippen LogP contribution in [-0.4, -0.2) is 6.61 Å². The maximum Gasteiger partial charge on any atom is 0.175 e. The van der Waals surface area contributed by atoms with Crippen molar-refractivity contribution in [2.24, 2.45) is 0 Å². The first kappa shape index (κ1) is 12.5. The molecule has 0 saturated heterocycles. The number of nitrogens with zero attached hydrogens (tertiary/aromatic N) is 1. The topological polar surface area (TPSA) is 33.0 Å². The molecule has 1 rings (SSSR count). The SMILES string of the molecule is C/C=C(\C=C/CC)COc1ccc(C#N)s1. The smallest absolute Gasteiger partial charge is 0.175 e. The Morgan fingerprint density at radius 1 is 1.56 bits per heavy atom. The normalized spacial score (nSPS) is 11.7. The molecule has 84 valence electrons. The Labute approximate surface area is 100 Å². The van der Waals surface area contributed by atoms with Gasteiger partial charge < -0.3 is 4.74 Å². The first-order valence-electron chi connectivity index (χ1n) is 5.24. The van der Waals surface area contributed by atoms with Crippen LogP contribution in [0.25, 0.3) is 0 Å². The van der Waals surface area contributed by atoms with Gasteiger partial charge in [0.05, 0.1) is 0 Å². The zero-order valence-corrected chi connectivity index (χ0v) is 10.4. The Morgan fingerprint density at radius 3 is 2.94 bits per heavy atom. The zero-order chi connectivity index (χ0) is 11.8. The van der Waals surface area contributed by atoms with Crippen LogP contribution < -0.4 is 4.74 Å². The Morgan fingerprint density at radius 2 is 2.38 bits per heavy atom. The molecule has 0 radical (unpaired) electrons. The highest BCUT2D eigenvalue weighted by molar-refractivity contribution is 7.14. The second kappa shape index (κ2) is 6.86. The van der Waals surface area contributed by atoms with E-state index >= 15 is 0 Å². The van der Waals surface area contributed by atoms with Gasteiger partial charge in [-0.3, -0.25) is 0 Å². The fraction of sp³-hybridized carbons (Fsp3) is 0.308. The quantitative estimate of drug-likeness (QED) is 0.722. The van der Waals surface area contributed by atoms with E-state index in [2.05, 4.69) is 25.1 Å². The van der Waals surface area contributed by atoms with Crippen molar-refractivity contribution < 1.29 is 4.74 Å². The summed E-state index contributed by atoms with van der Waals surface area (Å²) in [6.07, 6.45) is 7.23. The first-order valence-corrected chi connectivity index (χ1v) is 6.06. The lowest BCUT2D eigenvalue weighted by molar-refractivity contribution is 0.366. The van der Waals surface area contributed by atoms with Crippen LogP contribution in [0.15, 0.2) is 35.9 Å². The van der Waals surface area contributed by atoms with Crippen molar-refractivity contribution in [1.82, 2.24) is 0 Å². The molecule has 0 N–H and O–H groups in total. The van der Waals surface area contributed by atoms with Gasteiger partial charge in [0.15, 0.2) is 5.06 Å². The monoisotopic (exact) mass is 233 g/mol. The van der Waals surface area contributed by atoms with Crippen molar-refractivity contribution in [3.8, 4) is 11.1 Å². The number of hydrogen-bond acceptors (Lipinski definition) is 3. The van der Waals surface area contributed by atoms with Crippen molar-refractivity contribution >= 4 is 11.3 Å². The maximum atomic E-state index is 8.67. The predicted octanol–water partition coefficient (Wildman–Crippen LogP) is 3.91. The van der Waals surface area contributed by atoms with Gasteiger partial charge in [-0.15, -0.1) is 0 Å². The Balaban J connectivity index is 2.50. The maximum absolute atomic E-state index is 8.67. The third-order valence-electron chi connectivity index (χ3n) is 2.01. The van der Waals surface area contributed by atoms with Crippen LogP contribution in [0.2, 0.25) is 0 Å². The van der Waals surface area contributed by atoms with Crippen molar-refractivity contribution in [2.45, 2.75) is 20.3 Å². The van der Waals surface area contributed by atoms with Gasteiger partial charge in [0, 0.05) is 0 Å². The summed E-state index contributed by atoms with van der Waals surface area (Å²) in [5.41, 5.74) is 1.15. The molecule has 0 atom stereocenters. The van der Waals surface area contributed by atoms with Gasteiger partial charge in [0.1, 0.15) is 17.6 Å². The molecular formula is C13H15NOS. The van der Waals surface area contributed by atoms with Gasteiger partial charge in [-0.05, 0) is 31.1 Å². The van der Waals surface area contributed by atoms with Gasteiger partial charge in [-0.1, -0.05) is 36.5 Å². The average Bonchev–Trinajstić information content (AvgIpc) is 2.77. The van der Waals surface area contributed by atoms with E-state index in [0.29, 0.717) is 11.5 Å². The summed E-state index contributed by atoms with van der Waals surface area (Å²) in [4.78, 5) is 0.682. The molecule has 3 heteroatoms. The third kappa shape index (κ3) is 3.92. The van der Waals surface area contributed by atoms with E-state index in [0.717, 1.165) is 17.1 Å². The number of hydrogen-bond donors (Lipinski definition) is 0. The van der Waals surface area contributed by atoms with E-state index in [4.69, 9.17) is 10.00 Å². The molecule has 0 aliphatic carbocycles. The van der Waals surface area contributed by atoms with Gasteiger partial charge in [-0.25, -0.2) is 0 Å². The van der Waals surface area contributed by atoms with Crippen LogP contribution in [0.5, 0.6) is 5.06 Å². The molecule has 1 aromatic rings. The molecular weight excluding hydrogens is 218 g/mol. The average molecular weight is 233 g/mol. The largest absolute Gasteiger partial charge is 0.479 e. The van der Waals surface area contributed by atoms with E-state index < -0.39 is 0 Å². The minimum atomic E-state index is 0.554. The second-order valence-electron chi connectivity index (χ2n) is 3.19. The van der Waals surface area contributed by atoms with Crippen molar-refractivity contribution in [1.29, 1.82) is 5.26 Å². The molecule has 2 nitrogen and oxygen atoms in total. The molecule has 0 spiro atoms. The lowest BCUT2D eigenvalue weighted by atomic mass is 10.2. The predicted molar refractivity (Wildman–Crippen MR) is 67.7 cm³/mol. The number of allylic oxidation sites excluding steroid dienone is 2. The lowest BCUT2D eigenvalue weighted by Crippen LogP contribution is -1.97. The van der Waals surface area contributed by atoms with Gasteiger partial charge in [0.25, 0.3) is 0 Å². The van der Waals surface area contributed by atoms with Crippen LogP contribution in [-0.2, 0) is 0 Å². The molecule has 0 bridgehead atoms. The fourth-order valence-electron chi connectivity index (χ4n) is 1.11. The van der Waals surface area contributed by atoms with E-state index in [9.17, 15) is 0 Å². The summed E-state index contributed by atoms with van der Waals surface area (Å²) in [6, 6.07) is 5.70. The summed E-state index contributed by atoms with van der Waals surface area (Å²) in [5, 5.41) is 9.47. The Bertz CT molecular complexity index is 423. The molecule has 0 saturated carbocycles. The molecule has 0 aliphatic heterocycles. The number of rotatable bonds is 5. The molecule has 1 heterocycles. The van der Waals surface area contributed by atoms with Gasteiger partial charge in [-0.2, -0.15) is 5.26 Å². The summed E-state index contributed by atoms with van der Waals surface area (Å²) >= 11 is 1.37. The molecule has 16 heavy (non-hydrogen) atoms. The van der Waals surface area contributed by atoms with Gasteiger partial charge in [0.2, 0.25) is 0 Å². The highest BCUT2D eigenvalue weighted by atomic mass is 32.1. The highest BCUT2D eigenvalue weighted by Crippen LogP contribution is 2.23. The molecule has 1 aromatic heterocycles. The zero-order valence-electron chi connectivity index (χ0n) is 9.56. The lowest BCUT2D eigenvalue weighted by Gasteiger charge is -2.03. The van der Waals surface area contributed by atoms with E-state index in [1.165, 1.54) is 11.3 Å². The van der Waals surface area contributed by atoms with Crippen LogP contribution in [0.4, 0.5) is 0 Å². The minimum absolute atomic E-state index is 0.554. The van der Waals surface area contributed by atoms with Crippen molar-refractivity contribution in [2.75, 3.05) is 6.61 Å². The second-order valence-corrected chi connectivity index (χ2v) is 4.24. The summed E-state index contributed by atoms with van der Waals surface area (Å²) in [5.74, 6) is 0. The molecule has 0 fully saturated rings. The minimum Gasteiger partial charge on any atom is -0.479 e.